The van der Waals surface area contributed by atoms with Gasteiger partial charge in [0.05, 0.1) is 6.04 Å². The lowest BCUT2D eigenvalue weighted by molar-refractivity contribution is 0.0668. The molecule has 1 unspecified atom stereocenters. The highest BCUT2D eigenvalue weighted by Gasteiger charge is 2.30. The van der Waals surface area contributed by atoms with Crippen molar-refractivity contribution in [1.82, 2.24) is 24.5 Å². The Hall–Kier alpha value is -2.76. The van der Waals surface area contributed by atoms with Crippen LogP contribution in [0, 0.1) is 20.8 Å². The van der Waals surface area contributed by atoms with E-state index in [2.05, 4.69) is 46.3 Å². The number of aromatic nitrogens is 4. The second-order valence-electron chi connectivity index (χ2n) is 7.46. The first-order valence-electron chi connectivity index (χ1n) is 9.61. The van der Waals surface area contributed by atoms with Crippen LogP contribution in [0.4, 0.5) is 0 Å². The highest BCUT2D eigenvalue weighted by atomic mass is 16.2. The lowest BCUT2D eigenvalue weighted by Crippen LogP contribution is -2.35. The molecule has 0 radical (unpaired) electrons. The number of hydrogen-bond donors (Lipinski definition) is 0. The summed E-state index contributed by atoms with van der Waals surface area (Å²) in [5, 5.41) is 4.46. The van der Waals surface area contributed by atoms with Gasteiger partial charge in [-0.3, -0.25) is 4.79 Å². The molecule has 1 aromatic carbocycles. The summed E-state index contributed by atoms with van der Waals surface area (Å²) in [4.78, 5) is 24.1. The van der Waals surface area contributed by atoms with E-state index in [4.69, 9.17) is 0 Å². The van der Waals surface area contributed by atoms with Gasteiger partial charge in [0.25, 0.3) is 11.7 Å². The average molecular weight is 363 g/mol. The molecule has 6 heteroatoms. The van der Waals surface area contributed by atoms with Crippen LogP contribution in [0.25, 0.3) is 5.78 Å². The summed E-state index contributed by atoms with van der Waals surface area (Å²) in [5.41, 5.74) is 4.21. The van der Waals surface area contributed by atoms with Crippen LogP contribution in [0.2, 0.25) is 0 Å². The third-order valence-corrected chi connectivity index (χ3v) is 5.25. The van der Waals surface area contributed by atoms with Crippen LogP contribution in [-0.2, 0) is 0 Å². The number of nitrogens with zero attached hydrogens (tertiary/aromatic N) is 5. The largest absolute Gasteiger partial charge is 0.329 e. The van der Waals surface area contributed by atoms with Gasteiger partial charge in [-0.05, 0) is 45.2 Å². The molecule has 0 bridgehead atoms. The highest BCUT2D eigenvalue weighted by molar-refractivity contribution is 5.91. The maximum Gasteiger partial charge on any atom is 0.294 e. The van der Waals surface area contributed by atoms with Gasteiger partial charge in [-0.2, -0.15) is 4.98 Å². The van der Waals surface area contributed by atoms with Crippen molar-refractivity contribution >= 4 is 11.7 Å². The van der Waals surface area contributed by atoms with Crippen LogP contribution in [0.3, 0.4) is 0 Å². The first kappa shape index (κ1) is 17.6. The Balaban J connectivity index is 1.72. The van der Waals surface area contributed by atoms with Gasteiger partial charge in [0, 0.05) is 17.9 Å². The quantitative estimate of drug-likeness (QED) is 0.695. The minimum Gasteiger partial charge on any atom is -0.329 e. The Morgan fingerprint density at radius 2 is 1.93 bits per heavy atom. The zero-order chi connectivity index (χ0) is 19.0. The van der Waals surface area contributed by atoms with Crippen LogP contribution < -0.4 is 0 Å². The van der Waals surface area contributed by atoms with E-state index >= 15 is 0 Å². The van der Waals surface area contributed by atoms with E-state index in [1.54, 1.807) is 4.52 Å². The molecule has 1 aliphatic rings. The van der Waals surface area contributed by atoms with E-state index in [0.717, 1.165) is 43.6 Å². The molecule has 1 aliphatic heterocycles. The van der Waals surface area contributed by atoms with Crippen molar-refractivity contribution in [3.63, 3.8) is 0 Å². The Kier molecular flexibility index (Phi) is 4.64. The second-order valence-corrected chi connectivity index (χ2v) is 7.46. The maximum absolute atomic E-state index is 13.3. The van der Waals surface area contributed by atoms with Gasteiger partial charge in [-0.15, -0.1) is 5.10 Å². The summed E-state index contributed by atoms with van der Waals surface area (Å²) in [6.45, 7) is 6.70. The Morgan fingerprint density at radius 3 is 2.74 bits per heavy atom. The monoisotopic (exact) mass is 363 g/mol. The van der Waals surface area contributed by atoms with Gasteiger partial charge in [0.1, 0.15) is 0 Å². The normalized spacial score (nSPS) is 17.9. The fourth-order valence-electron chi connectivity index (χ4n) is 3.96. The molecule has 1 saturated heterocycles. The van der Waals surface area contributed by atoms with E-state index < -0.39 is 0 Å². The third kappa shape index (κ3) is 3.44. The molecule has 6 nitrogen and oxygen atoms in total. The van der Waals surface area contributed by atoms with E-state index in [-0.39, 0.29) is 17.8 Å². The van der Waals surface area contributed by atoms with Crippen molar-refractivity contribution in [1.29, 1.82) is 0 Å². The van der Waals surface area contributed by atoms with Crippen LogP contribution in [0.1, 0.15) is 64.9 Å². The van der Waals surface area contributed by atoms with E-state index in [9.17, 15) is 4.79 Å². The van der Waals surface area contributed by atoms with Gasteiger partial charge in [0.15, 0.2) is 0 Å². The number of fused-ring (bicyclic) bond motifs is 1. The second kappa shape index (κ2) is 7.10. The van der Waals surface area contributed by atoms with Gasteiger partial charge in [-0.1, -0.05) is 42.7 Å². The van der Waals surface area contributed by atoms with E-state index in [1.807, 2.05) is 24.8 Å². The number of hydrogen-bond acceptors (Lipinski definition) is 4. The number of rotatable bonds is 2. The van der Waals surface area contributed by atoms with Crippen LogP contribution >= 0.6 is 0 Å². The third-order valence-electron chi connectivity index (χ3n) is 5.25. The minimum atomic E-state index is -0.106. The molecular formula is C21H25N5O. The molecule has 4 rings (SSSR count). The van der Waals surface area contributed by atoms with Crippen molar-refractivity contribution < 1.29 is 4.79 Å². The molecule has 0 N–H and O–H groups in total. The number of amides is 1. The Bertz CT molecular complexity index is 993. The van der Waals surface area contributed by atoms with E-state index in [0.29, 0.717) is 5.78 Å². The average Bonchev–Trinajstić information content (AvgIpc) is 2.91. The van der Waals surface area contributed by atoms with Crippen LogP contribution in [0.15, 0.2) is 30.3 Å². The topological polar surface area (TPSA) is 63.4 Å². The van der Waals surface area contributed by atoms with Crippen molar-refractivity contribution in [2.75, 3.05) is 6.54 Å². The molecular weight excluding hydrogens is 338 g/mol. The Labute approximate surface area is 159 Å². The molecule has 3 heterocycles. The number of likely N-dealkylation sites (tertiary alicyclic amines) is 1. The van der Waals surface area contributed by atoms with Crippen LogP contribution in [-0.4, -0.2) is 36.9 Å². The highest BCUT2D eigenvalue weighted by Crippen LogP contribution is 2.31. The van der Waals surface area contributed by atoms with Gasteiger partial charge < -0.3 is 4.90 Å². The molecule has 0 saturated carbocycles. The van der Waals surface area contributed by atoms with Gasteiger partial charge in [-0.25, -0.2) is 9.50 Å². The molecule has 0 aliphatic carbocycles. The molecule has 1 amide bonds. The smallest absolute Gasteiger partial charge is 0.294 e. The predicted molar refractivity (Wildman–Crippen MR) is 104 cm³/mol. The zero-order valence-electron chi connectivity index (χ0n) is 16.1. The minimum absolute atomic E-state index is 0.0716. The maximum atomic E-state index is 13.3. The first-order valence-corrected chi connectivity index (χ1v) is 9.61. The molecule has 1 atom stereocenters. The molecule has 2 aromatic heterocycles. The van der Waals surface area contributed by atoms with E-state index in [1.165, 1.54) is 11.1 Å². The summed E-state index contributed by atoms with van der Waals surface area (Å²) in [6, 6.07) is 10.5. The number of aryl methyl sites for hydroxylation is 3. The molecule has 3 aromatic rings. The first-order chi connectivity index (χ1) is 13.0. The molecule has 1 fully saturated rings. The summed E-state index contributed by atoms with van der Waals surface area (Å²) in [7, 11) is 0. The lowest BCUT2D eigenvalue weighted by Gasteiger charge is -2.29. The number of carbonyl (C=O) groups excluding carboxylic acids is 1. The van der Waals surface area contributed by atoms with Crippen LogP contribution in [0.5, 0.6) is 0 Å². The summed E-state index contributed by atoms with van der Waals surface area (Å²) in [5.74, 6) is 0.611. The summed E-state index contributed by atoms with van der Waals surface area (Å²) < 4.78 is 1.65. The number of carbonyl (C=O) groups is 1. The van der Waals surface area contributed by atoms with Gasteiger partial charge in [0.2, 0.25) is 5.82 Å². The SMILES string of the molecule is Cc1cccc(C2CCCCCN2C(=O)c2nc3nc(C)cc(C)n3n2)c1. The number of benzene rings is 1. The molecule has 0 spiro atoms. The lowest BCUT2D eigenvalue weighted by atomic mass is 9.99. The molecule has 140 valence electrons. The zero-order valence-corrected chi connectivity index (χ0v) is 16.1. The predicted octanol–water partition coefficient (Wildman–Crippen LogP) is 3.81. The van der Waals surface area contributed by atoms with Crippen molar-refractivity contribution in [2.24, 2.45) is 0 Å². The standard InChI is InChI=1S/C21H25N5O/c1-14-8-7-9-17(12-14)18-10-5-4-6-11-25(18)20(27)19-23-21-22-15(2)13-16(3)26(21)24-19/h7-9,12-13,18H,4-6,10-11H2,1-3H3. The molecule has 27 heavy (non-hydrogen) atoms. The Morgan fingerprint density at radius 1 is 1.07 bits per heavy atom. The summed E-state index contributed by atoms with van der Waals surface area (Å²) in [6.07, 6.45) is 4.25. The summed E-state index contributed by atoms with van der Waals surface area (Å²) >= 11 is 0. The fourth-order valence-corrected chi connectivity index (χ4v) is 3.96. The van der Waals surface area contributed by atoms with Crippen molar-refractivity contribution in [3.05, 3.63) is 58.7 Å². The fraction of sp³-hybridized carbons (Fsp3) is 0.429. The van der Waals surface area contributed by atoms with Crippen molar-refractivity contribution in [2.45, 2.75) is 52.5 Å². The van der Waals surface area contributed by atoms with Crippen molar-refractivity contribution in [3.8, 4) is 0 Å². The van der Waals surface area contributed by atoms with Gasteiger partial charge >= 0.3 is 0 Å².